The standard InChI is InChI=1S/C20H30O3/c1-6-18(4)10-11-20(23-18)14(2)15(22)12-16-17(3,13-21)8-7-9-19(16,20)5/h6,13-14,16H,1,7-12H2,2-5H3. The molecule has 3 rings (SSSR count). The van der Waals surface area contributed by atoms with Gasteiger partial charge in [-0.3, -0.25) is 4.79 Å². The van der Waals surface area contributed by atoms with E-state index in [0.29, 0.717) is 6.42 Å². The molecule has 0 aromatic rings. The van der Waals surface area contributed by atoms with Crippen LogP contribution in [0.25, 0.3) is 0 Å². The van der Waals surface area contributed by atoms with Gasteiger partial charge in [0, 0.05) is 23.2 Å². The zero-order valence-corrected chi connectivity index (χ0v) is 15.0. The van der Waals surface area contributed by atoms with Crippen LogP contribution in [-0.4, -0.2) is 23.3 Å². The Morgan fingerprint density at radius 1 is 1.17 bits per heavy atom. The third kappa shape index (κ3) is 2.05. The molecule has 1 aliphatic heterocycles. The summed E-state index contributed by atoms with van der Waals surface area (Å²) in [6.45, 7) is 12.4. The van der Waals surface area contributed by atoms with Gasteiger partial charge in [0.1, 0.15) is 12.1 Å². The fraction of sp³-hybridized carbons (Fsp3) is 0.800. The average Bonchev–Trinajstić information content (AvgIpc) is 2.89. The third-order valence-electron chi connectivity index (χ3n) is 7.64. The molecule has 3 fully saturated rings. The van der Waals surface area contributed by atoms with Crippen LogP contribution < -0.4 is 0 Å². The molecule has 128 valence electrons. The molecule has 1 saturated heterocycles. The maximum Gasteiger partial charge on any atom is 0.138 e. The normalized spacial score (nSPS) is 53.1. The van der Waals surface area contributed by atoms with Crippen LogP contribution >= 0.6 is 0 Å². The summed E-state index contributed by atoms with van der Waals surface area (Å²) in [4.78, 5) is 24.7. The van der Waals surface area contributed by atoms with Crippen molar-refractivity contribution in [2.24, 2.45) is 22.7 Å². The van der Waals surface area contributed by atoms with E-state index in [2.05, 4.69) is 20.4 Å². The highest BCUT2D eigenvalue weighted by Gasteiger charge is 2.68. The fourth-order valence-corrected chi connectivity index (χ4v) is 5.95. The first kappa shape index (κ1) is 16.9. The summed E-state index contributed by atoms with van der Waals surface area (Å²) in [6.07, 6.45) is 8.22. The Morgan fingerprint density at radius 3 is 2.43 bits per heavy atom. The molecule has 2 saturated carbocycles. The van der Waals surface area contributed by atoms with E-state index >= 15 is 0 Å². The van der Waals surface area contributed by atoms with Crippen molar-refractivity contribution in [1.29, 1.82) is 0 Å². The second-order valence-electron chi connectivity index (χ2n) is 8.85. The Balaban J connectivity index is 2.12. The monoisotopic (exact) mass is 318 g/mol. The van der Waals surface area contributed by atoms with Gasteiger partial charge < -0.3 is 9.53 Å². The summed E-state index contributed by atoms with van der Waals surface area (Å²) >= 11 is 0. The Kier molecular flexibility index (Phi) is 3.68. The molecule has 0 bridgehead atoms. The van der Waals surface area contributed by atoms with Crippen molar-refractivity contribution in [3.8, 4) is 0 Å². The molecule has 0 radical (unpaired) electrons. The van der Waals surface area contributed by atoms with Crippen molar-refractivity contribution in [2.75, 3.05) is 0 Å². The molecule has 1 heterocycles. The first-order valence-electron chi connectivity index (χ1n) is 8.99. The number of rotatable bonds is 2. The van der Waals surface area contributed by atoms with E-state index in [1.165, 1.54) is 0 Å². The smallest absolute Gasteiger partial charge is 0.138 e. The van der Waals surface area contributed by atoms with Crippen LogP contribution in [0.2, 0.25) is 0 Å². The first-order chi connectivity index (χ1) is 10.7. The molecule has 2 aliphatic carbocycles. The lowest BCUT2D eigenvalue weighted by molar-refractivity contribution is -0.228. The number of ketones is 1. The Hall–Kier alpha value is -0.960. The number of carbonyl (C=O) groups excluding carboxylic acids is 2. The van der Waals surface area contributed by atoms with Crippen LogP contribution in [0, 0.1) is 22.7 Å². The predicted molar refractivity (Wildman–Crippen MR) is 90.1 cm³/mol. The summed E-state index contributed by atoms with van der Waals surface area (Å²) in [5.74, 6) is 0.229. The maximum atomic E-state index is 12.8. The van der Waals surface area contributed by atoms with Gasteiger partial charge in [0.25, 0.3) is 0 Å². The summed E-state index contributed by atoms with van der Waals surface area (Å²) in [6, 6.07) is 0. The second-order valence-corrected chi connectivity index (χ2v) is 8.85. The van der Waals surface area contributed by atoms with E-state index in [1.807, 2.05) is 19.9 Å². The summed E-state index contributed by atoms with van der Waals surface area (Å²) in [5.41, 5.74) is -1.36. The number of hydrogen-bond donors (Lipinski definition) is 0. The van der Waals surface area contributed by atoms with E-state index in [1.54, 1.807) is 0 Å². The third-order valence-corrected chi connectivity index (χ3v) is 7.64. The molecule has 0 N–H and O–H groups in total. The van der Waals surface area contributed by atoms with Gasteiger partial charge in [-0.2, -0.15) is 0 Å². The second kappa shape index (κ2) is 5.02. The predicted octanol–water partition coefficient (Wildman–Crippen LogP) is 4.10. The van der Waals surface area contributed by atoms with Crippen molar-refractivity contribution in [3.63, 3.8) is 0 Å². The van der Waals surface area contributed by atoms with Crippen molar-refractivity contribution < 1.29 is 14.3 Å². The number of carbonyl (C=O) groups is 2. The van der Waals surface area contributed by atoms with E-state index in [4.69, 9.17) is 4.74 Å². The molecule has 3 nitrogen and oxygen atoms in total. The summed E-state index contributed by atoms with van der Waals surface area (Å²) in [7, 11) is 0. The molecule has 0 aromatic carbocycles. The summed E-state index contributed by atoms with van der Waals surface area (Å²) in [5, 5.41) is 0. The highest BCUT2D eigenvalue weighted by molar-refractivity contribution is 5.84. The lowest BCUT2D eigenvalue weighted by Crippen LogP contribution is -2.65. The molecule has 3 aliphatic rings. The van der Waals surface area contributed by atoms with Crippen LogP contribution in [0.5, 0.6) is 0 Å². The highest BCUT2D eigenvalue weighted by atomic mass is 16.5. The molecule has 6 atom stereocenters. The SMILES string of the molecule is C=CC1(C)CCC2(O1)C(C)C(=O)CC1C(C)(C=O)CCCC12C. The van der Waals surface area contributed by atoms with Crippen LogP contribution in [0.15, 0.2) is 12.7 Å². The van der Waals surface area contributed by atoms with Gasteiger partial charge in [-0.1, -0.05) is 33.3 Å². The van der Waals surface area contributed by atoms with Crippen LogP contribution in [0.4, 0.5) is 0 Å². The topological polar surface area (TPSA) is 43.4 Å². The lowest BCUT2D eigenvalue weighted by Gasteiger charge is -2.62. The van der Waals surface area contributed by atoms with Crippen LogP contribution in [0.1, 0.15) is 66.2 Å². The van der Waals surface area contributed by atoms with Gasteiger partial charge in [-0.05, 0) is 38.5 Å². The number of hydrogen-bond acceptors (Lipinski definition) is 3. The average molecular weight is 318 g/mol. The van der Waals surface area contributed by atoms with Gasteiger partial charge >= 0.3 is 0 Å². The van der Waals surface area contributed by atoms with Crippen LogP contribution in [0.3, 0.4) is 0 Å². The van der Waals surface area contributed by atoms with Crippen LogP contribution in [-0.2, 0) is 14.3 Å². The molecular weight excluding hydrogens is 288 g/mol. The molecule has 1 spiro atoms. The van der Waals surface area contributed by atoms with Gasteiger partial charge in [-0.25, -0.2) is 0 Å². The molecule has 0 amide bonds. The number of fused-ring (bicyclic) bond motifs is 2. The highest BCUT2D eigenvalue weighted by Crippen LogP contribution is 2.66. The maximum absolute atomic E-state index is 12.8. The Labute approximate surface area is 139 Å². The van der Waals surface area contributed by atoms with E-state index < -0.39 is 11.0 Å². The van der Waals surface area contributed by atoms with Gasteiger partial charge in [-0.15, -0.1) is 6.58 Å². The zero-order chi connectivity index (χ0) is 17.1. The Morgan fingerprint density at radius 2 is 1.87 bits per heavy atom. The quantitative estimate of drug-likeness (QED) is 0.568. The fourth-order valence-electron chi connectivity index (χ4n) is 5.95. The molecular formula is C20H30O3. The largest absolute Gasteiger partial charge is 0.363 e. The van der Waals surface area contributed by atoms with Gasteiger partial charge in [0.05, 0.1) is 11.2 Å². The molecule has 23 heavy (non-hydrogen) atoms. The minimum Gasteiger partial charge on any atom is -0.363 e. The number of Topliss-reactive ketones (excluding diaryl/α,β-unsaturated/α-hetero) is 1. The minimum absolute atomic E-state index is 0.0807. The first-order valence-corrected chi connectivity index (χ1v) is 8.99. The van der Waals surface area contributed by atoms with E-state index in [0.717, 1.165) is 38.4 Å². The van der Waals surface area contributed by atoms with Crippen molar-refractivity contribution in [3.05, 3.63) is 12.7 Å². The van der Waals surface area contributed by atoms with Crippen molar-refractivity contribution >= 4 is 12.1 Å². The number of aldehydes is 1. The van der Waals surface area contributed by atoms with Gasteiger partial charge in [0.2, 0.25) is 0 Å². The zero-order valence-electron chi connectivity index (χ0n) is 15.0. The molecule has 0 aromatic heterocycles. The molecule has 6 unspecified atom stereocenters. The van der Waals surface area contributed by atoms with Gasteiger partial charge in [0.15, 0.2) is 0 Å². The van der Waals surface area contributed by atoms with E-state index in [-0.39, 0.29) is 28.6 Å². The number of ether oxygens (including phenoxy) is 1. The van der Waals surface area contributed by atoms with Crippen molar-refractivity contribution in [2.45, 2.75) is 77.4 Å². The molecule has 3 heteroatoms. The Bertz CT molecular complexity index is 555. The lowest BCUT2D eigenvalue weighted by atomic mass is 9.44. The van der Waals surface area contributed by atoms with E-state index in [9.17, 15) is 9.59 Å². The van der Waals surface area contributed by atoms with Crippen molar-refractivity contribution in [1.82, 2.24) is 0 Å². The summed E-state index contributed by atoms with van der Waals surface area (Å²) < 4.78 is 6.66. The minimum atomic E-state index is -0.458.